The molecule has 1 aromatic carbocycles. The number of nitrogens with one attached hydrogen (secondary N) is 1. The van der Waals surface area contributed by atoms with Gasteiger partial charge in [-0.05, 0) is 30.5 Å². The number of rotatable bonds is 5. The second kappa shape index (κ2) is 6.71. The first-order valence-corrected chi connectivity index (χ1v) is 8.29. The van der Waals surface area contributed by atoms with E-state index < -0.39 is 18.6 Å². The molecule has 1 aliphatic carbocycles. The Balaban J connectivity index is 1.64. The van der Waals surface area contributed by atoms with Crippen molar-refractivity contribution in [2.24, 2.45) is 0 Å². The fraction of sp³-hybridized carbons (Fsp3) is 0.412. The minimum absolute atomic E-state index is 0.120. The number of alkyl halides is 3. The molecule has 0 bridgehead atoms. The molecule has 0 aliphatic heterocycles. The van der Waals surface area contributed by atoms with Gasteiger partial charge in [0.1, 0.15) is 6.54 Å². The van der Waals surface area contributed by atoms with Crippen LogP contribution in [0.3, 0.4) is 0 Å². The maximum Gasteiger partial charge on any atom is 0.408 e. The van der Waals surface area contributed by atoms with Crippen molar-refractivity contribution in [2.45, 2.75) is 37.4 Å². The van der Waals surface area contributed by atoms with E-state index in [1.54, 1.807) is 0 Å². The van der Waals surface area contributed by atoms with E-state index >= 15 is 0 Å². The molecule has 25 heavy (non-hydrogen) atoms. The highest BCUT2D eigenvalue weighted by Gasteiger charge is 2.39. The molecule has 0 unspecified atom stereocenters. The van der Waals surface area contributed by atoms with E-state index in [-0.39, 0.29) is 11.0 Å². The highest BCUT2D eigenvalue weighted by atomic mass is 35.5. The molecule has 2 aromatic rings. The molecule has 1 fully saturated rings. The molecule has 1 heterocycles. The van der Waals surface area contributed by atoms with Crippen molar-refractivity contribution in [1.82, 2.24) is 15.1 Å². The molecular formula is C17H17ClF3N3O. The van der Waals surface area contributed by atoms with Crippen LogP contribution in [-0.2, 0) is 12.0 Å². The van der Waals surface area contributed by atoms with Crippen molar-refractivity contribution >= 4 is 17.5 Å². The second-order valence-electron chi connectivity index (χ2n) is 6.37. The van der Waals surface area contributed by atoms with Crippen molar-refractivity contribution in [2.75, 3.05) is 6.54 Å². The Kier molecular flexibility index (Phi) is 4.77. The van der Waals surface area contributed by atoms with E-state index in [2.05, 4.69) is 10.4 Å². The lowest BCUT2D eigenvalue weighted by Gasteiger charge is -2.42. The second-order valence-corrected chi connectivity index (χ2v) is 6.80. The normalized spacial score (nSPS) is 16.3. The average Bonchev–Trinajstić information content (AvgIpc) is 2.94. The van der Waals surface area contributed by atoms with Crippen LogP contribution in [0.25, 0.3) is 0 Å². The highest BCUT2D eigenvalue weighted by Crippen LogP contribution is 2.43. The minimum Gasteiger partial charge on any atom is -0.351 e. The molecule has 4 nitrogen and oxygen atoms in total. The van der Waals surface area contributed by atoms with Gasteiger partial charge in [0.2, 0.25) is 0 Å². The largest absolute Gasteiger partial charge is 0.408 e. The number of hydrogen-bond donors (Lipinski definition) is 1. The number of aromatic nitrogens is 2. The Morgan fingerprint density at radius 2 is 1.96 bits per heavy atom. The molecule has 1 aromatic heterocycles. The zero-order valence-corrected chi connectivity index (χ0v) is 14.1. The predicted octanol–water partition coefficient (Wildman–Crippen LogP) is 3.95. The van der Waals surface area contributed by atoms with Crippen LogP contribution in [0.2, 0.25) is 5.02 Å². The molecule has 1 aliphatic rings. The third-order valence-corrected chi connectivity index (χ3v) is 4.84. The number of carbonyl (C=O) groups excluding carboxylic acids is 1. The summed E-state index contributed by atoms with van der Waals surface area (Å²) in [7, 11) is 0. The van der Waals surface area contributed by atoms with Crippen LogP contribution in [0.5, 0.6) is 0 Å². The van der Waals surface area contributed by atoms with Gasteiger partial charge in [-0.1, -0.05) is 30.2 Å². The van der Waals surface area contributed by atoms with Gasteiger partial charge in [-0.25, -0.2) is 0 Å². The summed E-state index contributed by atoms with van der Waals surface area (Å²) in [4.78, 5) is 12.2. The Morgan fingerprint density at radius 3 is 2.52 bits per heavy atom. The zero-order valence-electron chi connectivity index (χ0n) is 13.3. The van der Waals surface area contributed by atoms with Crippen molar-refractivity contribution in [3.63, 3.8) is 0 Å². The fourth-order valence-corrected chi connectivity index (χ4v) is 3.20. The Bertz CT molecular complexity index is 751. The molecule has 8 heteroatoms. The van der Waals surface area contributed by atoms with Gasteiger partial charge in [0.05, 0.1) is 11.8 Å². The molecule has 134 valence electrons. The number of nitrogens with zero attached hydrogens (tertiary/aromatic N) is 2. The molecule has 1 saturated carbocycles. The smallest absolute Gasteiger partial charge is 0.351 e. The third-order valence-electron chi connectivity index (χ3n) is 4.59. The van der Waals surface area contributed by atoms with Crippen molar-refractivity contribution in [3.05, 3.63) is 52.8 Å². The lowest BCUT2D eigenvalue weighted by Crippen LogP contribution is -2.45. The monoisotopic (exact) mass is 371 g/mol. The predicted molar refractivity (Wildman–Crippen MR) is 87.6 cm³/mol. The summed E-state index contributed by atoms with van der Waals surface area (Å²) in [5, 5.41) is 7.07. The first-order valence-electron chi connectivity index (χ1n) is 7.91. The van der Waals surface area contributed by atoms with Crippen molar-refractivity contribution < 1.29 is 18.0 Å². The van der Waals surface area contributed by atoms with Crippen LogP contribution in [0.15, 0.2) is 36.7 Å². The first-order chi connectivity index (χ1) is 11.8. The molecule has 3 rings (SSSR count). The van der Waals surface area contributed by atoms with Gasteiger partial charge in [0, 0.05) is 23.2 Å². The van der Waals surface area contributed by atoms with Gasteiger partial charge in [-0.2, -0.15) is 18.3 Å². The summed E-state index contributed by atoms with van der Waals surface area (Å²) >= 11 is 5.92. The summed E-state index contributed by atoms with van der Waals surface area (Å²) in [6, 6.07) is 7.55. The Hall–Kier alpha value is -2.02. The molecular weight excluding hydrogens is 355 g/mol. The van der Waals surface area contributed by atoms with Gasteiger partial charge >= 0.3 is 6.18 Å². The average molecular weight is 372 g/mol. The standard InChI is InChI=1S/C17H17ClF3N3O/c18-14-4-2-13(3-5-14)16(6-1-7-16)10-22-15(25)12-8-23-24(9-12)11-17(19,20)21/h2-5,8-9H,1,6-7,10-11H2,(H,22,25). The van der Waals surface area contributed by atoms with Crippen molar-refractivity contribution in [3.8, 4) is 0 Å². The van der Waals surface area contributed by atoms with Gasteiger partial charge in [-0.3, -0.25) is 9.48 Å². The summed E-state index contributed by atoms with van der Waals surface area (Å²) in [6.07, 6.45) is 0.853. The number of amides is 1. The molecule has 0 spiro atoms. The van der Waals surface area contributed by atoms with Gasteiger partial charge in [0.15, 0.2) is 0 Å². The van der Waals surface area contributed by atoms with Crippen LogP contribution < -0.4 is 5.32 Å². The van der Waals surface area contributed by atoms with Gasteiger partial charge in [0.25, 0.3) is 5.91 Å². The third kappa shape index (κ3) is 4.15. The molecule has 1 amide bonds. The van der Waals surface area contributed by atoms with E-state index in [0.717, 1.165) is 37.2 Å². The van der Waals surface area contributed by atoms with E-state index in [1.165, 1.54) is 0 Å². The number of carbonyl (C=O) groups is 1. The van der Waals surface area contributed by atoms with Crippen LogP contribution >= 0.6 is 11.6 Å². The fourth-order valence-electron chi connectivity index (χ4n) is 3.08. The van der Waals surface area contributed by atoms with E-state index in [0.29, 0.717) is 16.2 Å². The highest BCUT2D eigenvalue weighted by molar-refractivity contribution is 6.30. The zero-order chi connectivity index (χ0) is 18.1. The summed E-state index contributed by atoms with van der Waals surface area (Å²) < 4.78 is 37.8. The summed E-state index contributed by atoms with van der Waals surface area (Å²) in [6.45, 7) is -0.785. The van der Waals surface area contributed by atoms with Crippen LogP contribution in [-0.4, -0.2) is 28.4 Å². The van der Waals surface area contributed by atoms with E-state index in [1.807, 2.05) is 24.3 Å². The van der Waals surface area contributed by atoms with E-state index in [9.17, 15) is 18.0 Å². The number of hydrogen-bond acceptors (Lipinski definition) is 2. The summed E-state index contributed by atoms with van der Waals surface area (Å²) in [5.41, 5.74) is 1.09. The summed E-state index contributed by atoms with van der Waals surface area (Å²) in [5.74, 6) is -0.423. The SMILES string of the molecule is O=C(NCC1(c2ccc(Cl)cc2)CCC1)c1cnn(CC(F)(F)F)c1. The molecule has 1 N–H and O–H groups in total. The molecule has 0 atom stereocenters. The number of halogens is 4. The first kappa shape index (κ1) is 17.8. The molecule has 0 saturated heterocycles. The maximum atomic E-state index is 12.4. The number of benzene rings is 1. The molecule has 0 radical (unpaired) electrons. The topological polar surface area (TPSA) is 46.9 Å². The Labute approximate surface area is 148 Å². The lowest BCUT2D eigenvalue weighted by atomic mass is 9.64. The van der Waals surface area contributed by atoms with Crippen LogP contribution in [0.1, 0.15) is 35.2 Å². The van der Waals surface area contributed by atoms with E-state index in [4.69, 9.17) is 11.6 Å². The quantitative estimate of drug-likeness (QED) is 0.865. The van der Waals surface area contributed by atoms with Gasteiger partial charge in [-0.15, -0.1) is 0 Å². The maximum absolute atomic E-state index is 12.4. The van der Waals surface area contributed by atoms with Crippen molar-refractivity contribution in [1.29, 1.82) is 0 Å². The van der Waals surface area contributed by atoms with Crippen LogP contribution in [0, 0.1) is 0 Å². The van der Waals surface area contributed by atoms with Crippen LogP contribution in [0.4, 0.5) is 13.2 Å². The van der Waals surface area contributed by atoms with Gasteiger partial charge < -0.3 is 5.32 Å². The minimum atomic E-state index is -4.37. The Morgan fingerprint density at radius 1 is 1.28 bits per heavy atom. The lowest BCUT2D eigenvalue weighted by molar-refractivity contribution is -0.142.